The lowest BCUT2D eigenvalue weighted by Gasteiger charge is -2.16. The number of benzene rings is 2. The molecule has 0 bridgehead atoms. The predicted molar refractivity (Wildman–Crippen MR) is 92.1 cm³/mol. The van der Waals surface area contributed by atoms with E-state index in [1.807, 2.05) is 6.92 Å². The molecule has 0 fully saturated rings. The number of hydrogen-bond acceptors (Lipinski definition) is 6. The van der Waals surface area contributed by atoms with E-state index in [0.29, 0.717) is 29.2 Å². The molecule has 2 rings (SSSR count). The molecule has 0 aliphatic rings. The molecule has 0 saturated carbocycles. The van der Waals surface area contributed by atoms with Crippen molar-refractivity contribution in [2.75, 3.05) is 23.7 Å². The normalized spacial score (nSPS) is 10.2. The fourth-order valence-electron chi connectivity index (χ4n) is 2.11. The fraction of sp³-hybridized carbons (Fsp3) is 0.200. The first-order chi connectivity index (χ1) is 11.0. The quantitative estimate of drug-likeness (QED) is 0.421. The molecular formula is C15H17ClN4O3. The van der Waals surface area contributed by atoms with E-state index in [4.69, 9.17) is 22.1 Å². The average Bonchev–Trinajstić information content (AvgIpc) is 2.53. The van der Waals surface area contributed by atoms with Crippen molar-refractivity contribution < 1.29 is 9.66 Å². The first kappa shape index (κ1) is 16.7. The molecule has 0 unspecified atom stereocenters. The zero-order valence-corrected chi connectivity index (χ0v) is 13.5. The number of rotatable bonds is 6. The Labute approximate surface area is 138 Å². The van der Waals surface area contributed by atoms with Gasteiger partial charge in [0.1, 0.15) is 5.75 Å². The van der Waals surface area contributed by atoms with Crippen molar-refractivity contribution in [3.05, 3.63) is 51.0 Å². The summed E-state index contributed by atoms with van der Waals surface area (Å²) in [6.45, 7) is 1.89. The molecule has 0 amide bonds. The molecule has 122 valence electrons. The van der Waals surface area contributed by atoms with Gasteiger partial charge in [0, 0.05) is 23.9 Å². The highest BCUT2D eigenvalue weighted by Gasteiger charge is 2.15. The molecule has 0 atom stereocenters. The van der Waals surface area contributed by atoms with Crippen LogP contribution in [-0.2, 0) is 6.42 Å². The van der Waals surface area contributed by atoms with E-state index in [9.17, 15) is 10.1 Å². The minimum Gasteiger partial charge on any atom is -0.494 e. The number of non-ortho nitro benzene ring substituents is 1. The zero-order valence-electron chi connectivity index (χ0n) is 12.7. The molecule has 7 nitrogen and oxygen atoms in total. The van der Waals surface area contributed by atoms with Crippen LogP contribution in [0, 0.1) is 10.1 Å². The summed E-state index contributed by atoms with van der Waals surface area (Å²) >= 11 is 6.16. The molecule has 0 saturated heterocycles. The lowest BCUT2D eigenvalue weighted by molar-refractivity contribution is -0.384. The van der Waals surface area contributed by atoms with Gasteiger partial charge >= 0.3 is 0 Å². The number of methoxy groups -OCH3 is 1. The standard InChI is InChI=1S/C15H17ClN4O3/c1-3-9-6-11(20(21)22)8-12(16)15(9)19-18-13-5-4-10(17)7-14(13)23-2/h4-8,18-19H,3,17H2,1-2H3. The highest BCUT2D eigenvalue weighted by atomic mass is 35.5. The molecule has 23 heavy (non-hydrogen) atoms. The Morgan fingerprint density at radius 3 is 2.65 bits per heavy atom. The maximum absolute atomic E-state index is 10.9. The fourth-order valence-corrected chi connectivity index (χ4v) is 2.39. The SMILES string of the molecule is CCc1cc([N+](=O)[O-])cc(Cl)c1NNc1ccc(N)cc1OC. The van der Waals surface area contributed by atoms with Gasteiger partial charge in [-0.05, 0) is 24.1 Å². The lowest BCUT2D eigenvalue weighted by Crippen LogP contribution is -2.12. The second-order valence-corrected chi connectivity index (χ2v) is 5.19. The van der Waals surface area contributed by atoms with E-state index >= 15 is 0 Å². The van der Waals surface area contributed by atoms with Crippen LogP contribution in [-0.4, -0.2) is 12.0 Å². The van der Waals surface area contributed by atoms with Crippen LogP contribution < -0.4 is 21.3 Å². The van der Waals surface area contributed by atoms with E-state index < -0.39 is 4.92 Å². The van der Waals surface area contributed by atoms with Gasteiger partial charge in [-0.1, -0.05) is 18.5 Å². The van der Waals surface area contributed by atoms with Gasteiger partial charge in [-0.3, -0.25) is 21.0 Å². The molecular weight excluding hydrogens is 320 g/mol. The molecule has 0 aromatic heterocycles. The summed E-state index contributed by atoms with van der Waals surface area (Å²) in [6.07, 6.45) is 0.588. The highest BCUT2D eigenvalue weighted by Crippen LogP contribution is 2.33. The first-order valence-electron chi connectivity index (χ1n) is 6.88. The van der Waals surface area contributed by atoms with Crippen LogP contribution in [0.2, 0.25) is 5.02 Å². The van der Waals surface area contributed by atoms with Crippen molar-refractivity contribution in [3.63, 3.8) is 0 Å². The van der Waals surface area contributed by atoms with Gasteiger partial charge < -0.3 is 10.5 Å². The topological polar surface area (TPSA) is 102 Å². The van der Waals surface area contributed by atoms with Gasteiger partial charge in [-0.2, -0.15) is 0 Å². The van der Waals surface area contributed by atoms with Gasteiger partial charge in [-0.15, -0.1) is 0 Å². The number of halogens is 1. The van der Waals surface area contributed by atoms with Crippen LogP contribution in [0.3, 0.4) is 0 Å². The number of anilines is 3. The van der Waals surface area contributed by atoms with Crippen molar-refractivity contribution in [1.82, 2.24) is 0 Å². The third-order valence-corrected chi connectivity index (χ3v) is 3.59. The largest absolute Gasteiger partial charge is 0.494 e. The van der Waals surface area contributed by atoms with Crippen molar-refractivity contribution in [1.29, 1.82) is 0 Å². The van der Waals surface area contributed by atoms with E-state index in [1.54, 1.807) is 18.2 Å². The number of nitrogens with zero attached hydrogens (tertiary/aromatic N) is 1. The number of nitro benzene ring substituents is 1. The Morgan fingerprint density at radius 2 is 2.04 bits per heavy atom. The molecule has 2 aromatic rings. The average molecular weight is 337 g/mol. The predicted octanol–water partition coefficient (Wildman–Crippen LogP) is 3.84. The Morgan fingerprint density at radius 1 is 1.30 bits per heavy atom. The van der Waals surface area contributed by atoms with Crippen molar-refractivity contribution in [3.8, 4) is 5.75 Å². The lowest BCUT2D eigenvalue weighted by atomic mass is 10.1. The minimum absolute atomic E-state index is 0.0394. The second-order valence-electron chi connectivity index (χ2n) is 4.78. The smallest absolute Gasteiger partial charge is 0.271 e. The summed E-state index contributed by atoms with van der Waals surface area (Å²) in [6, 6.07) is 7.97. The second kappa shape index (κ2) is 7.06. The summed E-state index contributed by atoms with van der Waals surface area (Å²) in [5.74, 6) is 0.564. The van der Waals surface area contributed by atoms with Gasteiger partial charge in [-0.25, -0.2) is 0 Å². The number of hydrazine groups is 1. The Balaban J connectivity index is 2.29. The molecule has 2 aromatic carbocycles. The number of nitro groups is 1. The number of nitrogens with two attached hydrogens (primary N) is 1. The number of aryl methyl sites for hydroxylation is 1. The molecule has 0 radical (unpaired) electrons. The minimum atomic E-state index is -0.467. The maximum Gasteiger partial charge on any atom is 0.271 e. The molecule has 0 aliphatic heterocycles. The Hall–Kier alpha value is -2.67. The summed E-state index contributed by atoms with van der Waals surface area (Å²) in [4.78, 5) is 10.4. The third-order valence-electron chi connectivity index (χ3n) is 3.30. The van der Waals surface area contributed by atoms with Crippen molar-refractivity contribution in [2.24, 2.45) is 0 Å². The van der Waals surface area contributed by atoms with Crippen LogP contribution in [0.15, 0.2) is 30.3 Å². The van der Waals surface area contributed by atoms with Gasteiger partial charge in [0.15, 0.2) is 0 Å². The highest BCUT2D eigenvalue weighted by molar-refractivity contribution is 6.33. The summed E-state index contributed by atoms with van der Waals surface area (Å²) in [7, 11) is 1.54. The van der Waals surface area contributed by atoms with E-state index in [2.05, 4.69) is 10.9 Å². The Bertz CT molecular complexity index is 737. The number of hydrogen-bond donors (Lipinski definition) is 3. The van der Waals surface area contributed by atoms with E-state index in [1.165, 1.54) is 19.2 Å². The zero-order chi connectivity index (χ0) is 17.0. The maximum atomic E-state index is 10.9. The molecule has 0 spiro atoms. The number of nitrogen functional groups attached to an aromatic ring is 1. The van der Waals surface area contributed by atoms with Gasteiger partial charge in [0.2, 0.25) is 0 Å². The van der Waals surface area contributed by atoms with Gasteiger partial charge in [0.05, 0.1) is 28.4 Å². The van der Waals surface area contributed by atoms with Crippen LogP contribution in [0.25, 0.3) is 0 Å². The van der Waals surface area contributed by atoms with E-state index in [0.717, 1.165) is 5.56 Å². The summed E-state index contributed by atoms with van der Waals surface area (Å²) in [5, 5.41) is 11.2. The first-order valence-corrected chi connectivity index (χ1v) is 7.26. The van der Waals surface area contributed by atoms with Crippen LogP contribution in [0.1, 0.15) is 12.5 Å². The van der Waals surface area contributed by atoms with Gasteiger partial charge in [0.25, 0.3) is 5.69 Å². The van der Waals surface area contributed by atoms with E-state index in [-0.39, 0.29) is 10.7 Å². The number of nitrogens with one attached hydrogen (secondary N) is 2. The molecule has 0 heterocycles. The molecule has 8 heteroatoms. The van der Waals surface area contributed by atoms with Crippen LogP contribution in [0.4, 0.5) is 22.7 Å². The van der Waals surface area contributed by atoms with Crippen molar-refractivity contribution in [2.45, 2.75) is 13.3 Å². The summed E-state index contributed by atoms with van der Waals surface area (Å²) in [5.41, 5.74) is 14.2. The Kier molecular flexibility index (Phi) is 5.13. The summed E-state index contributed by atoms with van der Waals surface area (Å²) < 4.78 is 5.25. The number of ether oxygens (including phenoxy) is 1. The van der Waals surface area contributed by atoms with Crippen LogP contribution in [0.5, 0.6) is 5.75 Å². The monoisotopic (exact) mass is 336 g/mol. The van der Waals surface area contributed by atoms with Crippen molar-refractivity contribution >= 4 is 34.4 Å². The molecule has 4 N–H and O–H groups in total. The molecule has 0 aliphatic carbocycles. The third kappa shape index (κ3) is 3.75. The van der Waals surface area contributed by atoms with Crippen LogP contribution >= 0.6 is 11.6 Å².